The molecule has 0 saturated carbocycles. The van der Waals surface area contributed by atoms with Gasteiger partial charge in [0.05, 0.1) is 0 Å². The van der Waals surface area contributed by atoms with Crippen molar-refractivity contribution in [3.63, 3.8) is 0 Å². The molecule has 0 atom stereocenters. The Morgan fingerprint density at radius 1 is 0.692 bits per heavy atom. The van der Waals surface area contributed by atoms with Crippen LogP contribution in [0, 0.1) is 10.8 Å². The second-order valence-electron chi connectivity index (χ2n) is 10.1. The van der Waals surface area contributed by atoms with Gasteiger partial charge in [0.2, 0.25) is 0 Å². The van der Waals surface area contributed by atoms with Crippen LogP contribution in [0.3, 0.4) is 0 Å². The number of hydrogen-bond donors (Lipinski definition) is 0. The van der Waals surface area contributed by atoms with Gasteiger partial charge in [-0.1, -0.05) is 99.5 Å². The van der Waals surface area contributed by atoms with Gasteiger partial charge < -0.3 is 24.8 Å². The van der Waals surface area contributed by atoms with Crippen molar-refractivity contribution >= 4 is 8.07 Å². The first-order chi connectivity index (χ1) is 10.2. The molecule has 148 valence electrons. The van der Waals surface area contributed by atoms with Crippen LogP contribution in [0.4, 0.5) is 0 Å². The van der Waals surface area contributed by atoms with Gasteiger partial charge in [-0.15, -0.1) is 0 Å². The number of halogens is 2. The third kappa shape index (κ3) is 5.81. The van der Waals surface area contributed by atoms with Crippen LogP contribution in [-0.4, -0.2) is 8.07 Å². The van der Waals surface area contributed by atoms with E-state index < -0.39 is 8.07 Å². The van der Waals surface area contributed by atoms with Gasteiger partial charge in [-0.05, 0) is 37.5 Å². The van der Waals surface area contributed by atoms with Crippen molar-refractivity contribution in [2.45, 2.75) is 81.3 Å². The maximum atomic E-state index is 2.57. The van der Waals surface area contributed by atoms with Gasteiger partial charge in [0, 0.05) is 25.8 Å². The van der Waals surface area contributed by atoms with Crippen molar-refractivity contribution in [3.05, 3.63) is 44.8 Å². The predicted octanol–water partition coefficient (Wildman–Crippen LogP) is 1.16. The summed E-state index contributed by atoms with van der Waals surface area (Å²) in [6.45, 7) is 23.9. The molecule has 0 aromatic heterocycles. The van der Waals surface area contributed by atoms with Crippen molar-refractivity contribution < 1.29 is 50.7 Å². The van der Waals surface area contributed by atoms with Gasteiger partial charge in [-0.2, -0.15) is 0 Å². The molecule has 0 heterocycles. The van der Waals surface area contributed by atoms with E-state index in [-0.39, 0.29) is 50.7 Å². The summed E-state index contributed by atoms with van der Waals surface area (Å²) in [4.78, 5) is 0. The van der Waals surface area contributed by atoms with E-state index in [2.05, 4.69) is 80.6 Å². The van der Waals surface area contributed by atoms with Crippen LogP contribution in [0.15, 0.2) is 44.8 Å². The monoisotopic (exact) mass is 578 g/mol. The number of hydrogen-bond acceptors (Lipinski definition) is 0. The minimum atomic E-state index is -1.55. The van der Waals surface area contributed by atoms with Crippen molar-refractivity contribution in [3.8, 4) is 0 Å². The smallest absolute Gasteiger partial charge is 0.104 e. The molecule has 0 radical (unpaired) electrons. The number of rotatable bonds is 2. The summed E-state index contributed by atoms with van der Waals surface area (Å²) < 4.78 is 0. The van der Waals surface area contributed by atoms with Crippen molar-refractivity contribution in [2.24, 2.45) is 10.8 Å². The third-order valence-corrected chi connectivity index (χ3v) is 10.1. The minimum Gasteiger partial charge on any atom is -1.00 e. The van der Waals surface area contributed by atoms with Gasteiger partial charge in [-0.25, -0.2) is 0 Å². The molecule has 0 aliphatic heterocycles. The largest absolute Gasteiger partial charge is 1.00 e. The molecule has 0 fully saturated rings. The molecule has 0 unspecified atom stereocenters. The van der Waals surface area contributed by atoms with Crippen LogP contribution in [0.2, 0.25) is 13.1 Å². The topological polar surface area (TPSA) is 0 Å². The average molecular weight is 578 g/mol. The fourth-order valence-electron chi connectivity index (χ4n) is 4.03. The van der Waals surface area contributed by atoms with E-state index in [1.807, 2.05) is 0 Å². The van der Waals surface area contributed by atoms with Crippen LogP contribution >= 0.6 is 0 Å². The summed E-state index contributed by atoms with van der Waals surface area (Å²) in [6, 6.07) is 0. The summed E-state index contributed by atoms with van der Waals surface area (Å²) in [5.74, 6) is 0. The van der Waals surface area contributed by atoms with E-state index in [0.29, 0.717) is 10.8 Å². The molecular formula is C22H36Cl2HfSi-2. The van der Waals surface area contributed by atoms with E-state index in [1.54, 1.807) is 32.7 Å². The Labute approximate surface area is 194 Å². The molecule has 2 rings (SSSR count). The van der Waals surface area contributed by atoms with E-state index in [0.717, 1.165) is 0 Å². The van der Waals surface area contributed by atoms with Crippen LogP contribution in [0.5, 0.6) is 0 Å². The second kappa shape index (κ2) is 9.42. The molecule has 2 aliphatic carbocycles. The SMILES string of the molecule is CC1=C([Si](C)(C)C2=C(C)C=C(C(C)(C)C)C2)CC(C(C)(C)C)=C1.[Cl-].[Cl-].[Hf]. The summed E-state index contributed by atoms with van der Waals surface area (Å²) >= 11 is 0. The van der Waals surface area contributed by atoms with Crippen molar-refractivity contribution in [1.82, 2.24) is 0 Å². The second-order valence-corrected chi connectivity index (χ2v) is 14.6. The normalized spacial score (nSPS) is 18.1. The van der Waals surface area contributed by atoms with Crippen molar-refractivity contribution in [2.75, 3.05) is 0 Å². The molecule has 0 saturated heterocycles. The van der Waals surface area contributed by atoms with Crippen LogP contribution in [0.1, 0.15) is 68.2 Å². The first-order valence-electron chi connectivity index (χ1n) is 9.07. The summed E-state index contributed by atoms with van der Waals surface area (Å²) in [7, 11) is -1.55. The van der Waals surface area contributed by atoms with Crippen LogP contribution < -0.4 is 24.8 Å². The third-order valence-electron chi connectivity index (χ3n) is 5.90. The first kappa shape index (κ1) is 28.8. The Bertz CT molecular complexity index is 595. The Morgan fingerprint density at radius 2 is 0.962 bits per heavy atom. The standard InChI is InChI=1S/C22H36Si.2ClH.Hf/c1-15-11-17(21(3,4)5)13-19(15)23(9,10)20-14-18(12-16(20)2)22(6,7)8;;;/h11-12H,13-14H2,1-10H3;2*1H;/p-2. The zero-order valence-electron chi connectivity index (χ0n) is 18.3. The summed E-state index contributed by atoms with van der Waals surface area (Å²) in [5, 5.41) is 3.53. The zero-order valence-corrected chi connectivity index (χ0v) is 24.4. The molecule has 0 bridgehead atoms. The zero-order chi connectivity index (χ0) is 17.8. The van der Waals surface area contributed by atoms with Gasteiger partial charge in [0.25, 0.3) is 0 Å². The number of allylic oxidation sites excluding steroid dienone is 8. The molecule has 4 heteroatoms. The minimum absolute atomic E-state index is 0. The fraction of sp³-hybridized carbons (Fsp3) is 0.636. The molecule has 26 heavy (non-hydrogen) atoms. The van der Waals surface area contributed by atoms with Crippen LogP contribution in [0.25, 0.3) is 0 Å². The summed E-state index contributed by atoms with van der Waals surface area (Å²) in [6.07, 6.45) is 7.37. The van der Waals surface area contributed by atoms with Gasteiger partial charge >= 0.3 is 0 Å². The molecule has 0 N–H and O–H groups in total. The van der Waals surface area contributed by atoms with E-state index in [1.165, 1.54) is 12.8 Å². The summed E-state index contributed by atoms with van der Waals surface area (Å²) in [5.41, 5.74) is 6.92. The van der Waals surface area contributed by atoms with E-state index in [9.17, 15) is 0 Å². The maximum absolute atomic E-state index is 2.57. The molecular weight excluding hydrogens is 542 g/mol. The fourth-order valence-corrected chi connectivity index (χ4v) is 7.78. The Kier molecular flexibility index (Phi) is 10.4. The quantitative estimate of drug-likeness (QED) is 0.433. The van der Waals surface area contributed by atoms with Gasteiger partial charge in [0.15, 0.2) is 0 Å². The Balaban J connectivity index is 0. The molecule has 0 nitrogen and oxygen atoms in total. The van der Waals surface area contributed by atoms with Gasteiger partial charge in [-0.3, -0.25) is 0 Å². The molecule has 0 aromatic carbocycles. The first-order valence-corrected chi connectivity index (χ1v) is 12.1. The maximum Gasteiger partial charge on any atom is 0.104 e. The Morgan fingerprint density at radius 3 is 1.15 bits per heavy atom. The molecule has 0 aromatic rings. The average Bonchev–Trinajstić information content (AvgIpc) is 2.91. The van der Waals surface area contributed by atoms with E-state index >= 15 is 0 Å². The van der Waals surface area contributed by atoms with Crippen molar-refractivity contribution in [1.29, 1.82) is 0 Å². The van der Waals surface area contributed by atoms with E-state index in [4.69, 9.17) is 0 Å². The van der Waals surface area contributed by atoms with Gasteiger partial charge in [0.1, 0.15) is 8.07 Å². The molecule has 2 aliphatic rings. The predicted molar refractivity (Wildman–Crippen MR) is 107 cm³/mol. The Hall–Kier alpha value is 0.627. The van der Waals surface area contributed by atoms with Crippen LogP contribution in [-0.2, 0) is 25.8 Å². The molecule has 0 spiro atoms. The molecule has 0 amide bonds.